The quantitative estimate of drug-likeness (QED) is 0.299. The predicted molar refractivity (Wildman–Crippen MR) is 132 cm³/mol. The van der Waals surface area contributed by atoms with E-state index in [0.717, 1.165) is 11.6 Å². The molecule has 9 heteroatoms. The number of esters is 1. The summed E-state index contributed by atoms with van der Waals surface area (Å²) in [6, 6.07) is 4.74. The first kappa shape index (κ1) is 22.9. The van der Waals surface area contributed by atoms with E-state index in [4.69, 9.17) is 4.74 Å². The molecule has 4 rings (SSSR count). The molecule has 2 N–H and O–H groups in total. The minimum Gasteiger partial charge on any atom is -0.459 e. The van der Waals surface area contributed by atoms with Crippen LogP contribution in [0.15, 0.2) is 49.4 Å². The number of nitrogens with one attached hydrogen (secondary N) is 2. The van der Waals surface area contributed by atoms with Crippen molar-refractivity contribution in [1.29, 1.82) is 0 Å². The maximum Gasteiger partial charge on any atom is 0.339 e. The lowest BCUT2D eigenvalue weighted by molar-refractivity contribution is -0.111. The molecular formula is C25H28FN5O3. The number of H-pyrrole nitrogens is 1. The summed E-state index contributed by atoms with van der Waals surface area (Å²) in [6.07, 6.45) is 5.75. The number of hydrogen-bond donors (Lipinski definition) is 2. The number of hydrogen-bond acceptors (Lipinski definition) is 5. The van der Waals surface area contributed by atoms with E-state index in [2.05, 4.69) is 27.0 Å². The highest BCUT2D eigenvalue weighted by Crippen LogP contribution is 2.40. The van der Waals surface area contributed by atoms with Gasteiger partial charge < -0.3 is 15.0 Å². The third-order valence-corrected chi connectivity index (χ3v) is 5.30. The van der Waals surface area contributed by atoms with Crippen molar-refractivity contribution < 1.29 is 21.6 Å². The molecule has 0 saturated carbocycles. The number of aromatic amines is 1. The first-order valence-electron chi connectivity index (χ1n) is 10.6. The summed E-state index contributed by atoms with van der Waals surface area (Å²) in [7, 11) is 1.79. The molecule has 0 atom stereocenters. The molecular weight excluding hydrogens is 437 g/mol. The van der Waals surface area contributed by atoms with Gasteiger partial charge >= 0.3 is 5.97 Å². The third kappa shape index (κ3) is 4.32. The van der Waals surface area contributed by atoms with Gasteiger partial charge in [-0.3, -0.25) is 9.48 Å². The van der Waals surface area contributed by atoms with E-state index in [9.17, 15) is 14.0 Å². The zero-order valence-electron chi connectivity index (χ0n) is 19.3. The molecule has 0 aliphatic rings. The monoisotopic (exact) mass is 465 g/mol. The second-order valence-electron chi connectivity index (χ2n) is 8.18. The van der Waals surface area contributed by atoms with E-state index in [1.165, 1.54) is 12.3 Å². The number of rotatable bonds is 6. The lowest BCUT2D eigenvalue weighted by atomic mass is 9.97. The van der Waals surface area contributed by atoms with Crippen LogP contribution < -0.4 is 5.32 Å². The van der Waals surface area contributed by atoms with Crippen LogP contribution in [-0.4, -0.2) is 37.7 Å². The Balaban J connectivity index is 0.00000228. The number of aryl methyl sites for hydroxylation is 1. The van der Waals surface area contributed by atoms with E-state index in [1.54, 1.807) is 50.8 Å². The molecule has 3 aromatic heterocycles. The van der Waals surface area contributed by atoms with Crippen molar-refractivity contribution in [3.05, 3.63) is 66.4 Å². The third-order valence-electron chi connectivity index (χ3n) is 5.30. The molecule has 1 amide bonds. The van der Waals surface area contributed by atoms with Crippen LogP contribution in [0.25, 0.3) is 33.4 Å². The molecule has 0 spiro atoms. The van der Waals surface area contributed by atoms with Gasteiger partial charge in [0, 0.05) is 50.1 Å². The Bertz CT molecular complexity index is 1450. The smallest absolute Gasteiger partial charge is 0.339 e. The highest BCUT2D eigenvalue weighted by atomic mass is 19.1. The minimum absolute atomic E-state index is 0. The van der Waals surface area contributed by atoms with E-state index in [-0.39, 0.29) is 14.5 Å². The summed E-state index contributed by atoms with van der Waals surface area (Å²) in [6.45, 7) is 8.56. The Labute approximate surface area is 198 Å². The second-order valence-corrected chi connectivity index (χ2v) is 8.18. The fourth-order valence-electron chi connectivity index (χ4n) is 3.67. The number of nitrogens with zero attached hydrogens (tertiary/aromatic N) is 3. The van der Waals surface area contributed by atoms with Crippen molar-refractivity contribution in [2.45, 2.75) is 26.9 Å². The van der Waals surface area contributed by atoms with Crippen LogP contribution in [0.4, 0.5) is 10.1 Å². The minimum atomic E-state index is -0.506. The average Bonchev–Trinajstić information content (AvgIpc) is 3.38. The zero-order valence-corrected chi connectivity index (χ0v) is 19.3. The molecule has 0 aliphatic carbocycles. The Morgan fingerprint density at radius 2 is 2.03 bits per heavy atom. The van der Waals surface area contributed by atoms with Gasteiger partial charge in [-0.05, 0) is 50.6 Å². The summed E-state index contributed by atoms with van der Waals surface area (Å²) in [5, 5.41) is 7.49. The fraction of sp³-hybridized carbons (Fsp3) is 0.200. The van der Waals surface area contributed by atoms with Crippen LogP contribution in [0.1, 0.15) is 32.6 Å². The SMILES string of the molecule is C=CC(=O)Nc1cc(-c2c(-c3cnn(C)c3)[nH]c3ncc(C(=O)OC(C)C)cc23)cc(F)c1C.[HH].[HH]. The Kier molecular flexibility index (Phi) is 6.02. The van der Waals surface area contributed by atoms with Gasteiger partial charge in [-0.1, -0.05) is 6.58 Å². The molecule has 0 unspecified atom stereocenters. The lowest BCUT2D eigenvalue weighted by Crippen LogP contribution is -2.11. The molecule has 178 valence electrons. The van der Waals surface area contributed by atoms with Crippen molar-refractivity contribution >= 4 is 28.6 Å². The van der Waals surface area contributed by atoms with Crippen molar-refractivity contribution in [2.24, 2.45) is 7.05 Å². The predicted octanol–water partition coefficient (Wildman–Crippen LogP) is 5.26. The molecule has 3 heterocycles. The maximum atomic E-state index is 15.0. The molecule has 0 radical (unpaired) electrons. The van der Waals surface area contributed by atoms with Crippen LogP contribution in [0.2, 0.25) is 0 Å². The normalized spacial score (nSPS) is 11.1. The first-order valence-corrected chi connectivity index (χ1v) is 10.6. The number of fused-ring (bicyclic) bond motifs is 1. The van der Waals surface area contributed by atoms with Gasteiger partial charge in [-0.15, -0.1) is 0 Å². The topological polar surface area (TPSA) is 102 Å². The van der Waals surface area contributed by atoms with Crippen LogP contribution in [0, 0.1) is 12.7 Å². The Hall–Kier alpha value is -4.27. The highest BCUT2D eigenvalue weighted by molar-refractivity contribution is 6.06. The van der Waals surface area contributed by atoms with Crippen LogP contribution in [-0.2, 0) is 16.6 Å². The van der Waals surface area contributed by atoms with Crippen LogP contribution in [0.5, 0.6) is 0 Å². The number of ether oxygens (including phenoxy) is 1. The zero-order chi connectivity index (χ0) is 24.6. The highest BCUT2D eigenvalue weighted by Gasteiger charge is 2.21. The molecule has 4 aromatic rings. The summed E-state index contributed by atoms with van der Waals surface area (Å²) < 4.78 is 21.9. The largest absolute Gasteiger partial charge is 0.459 e. The van der Waals surface area contributed by atoms with Gasteiger partial charge in [0.2, 0.25) is 5.91 Å². The fourth-order valence-corrected chi connectivity index (χ4v) is 3.67. The molecule has 0 aliphatic heterocycles. The van der Waals surface area contributed by atoms with Crippen LogP contribution in [0.3, 0.4) is 0 Å². The summed E-state index contributed by atoms with van der Waals surface area (Å²) >= 11 is 0. The first-order chi connectivity index (χ1) is 16.2. The van der Waals surface area contributed by atoms with Gasteiger partial charge in [0.25, 0.3) is 0 Å². The lowest BCUT2D eigenvalue weighted by Gasteiger charge is -2.12. The van der Waals surface area contributed by atoms with Crippen molar-refractivity contribution in [1.82, 2.24) is 19.7 Å². The number of benzene rings is 1. The van der Waals surface area contributed by atoms with Crippen LogP contribution >= 0.6 is 0 Å². The molecule has 1 aromatic carbocycles. The van der Waals surface area contributed by atoms with Gasteiger partial charge in [-0.2, -0.15) is 5.10 Å². The van der Waals surface area contributed by atoms with Crippen molar-refractivity contribution in [2.75, 3.05) is 5.32 Å². The Morgan fingerprint density at radius 3 is 2.68 bits per heavy atom. The average molecular weight is 466 g/mol. The molecule has 8 nitrogen and oxygen atoms in total. The van der Waals surface area contributed by atoms with Gasteiger partial charge in [0.1, 0.15) is 11.5 Å². The number of amides is 1. The number of carbonyl (C=O) groups excluding carboxylic acids is 2. The number of halogens is 1. The van der Waals surface area contributed by atoms with Gasteiger partial charge in [0.05, 0.1) is 23.6 Å². The van der Waals surface area contributed by atoms with Crippen molar-refractivity contribution in [3.8, 4) is 22.4 Å². The summed E-state index contributed by atoms with van der Waals surface area (Å²) in [5.41, 5.74) is 3.88. The van der Waals surface area contributed by atoms with Crippen molar-refractivity contribution in [3.63, 3.8) is 0 Å². The molecule has 0 bridgehead atoms. The van der Waals surface area contributed by atoms with Gasteiger partial charge in [-0.25, -0.2) is 14.2 Å². The summed E-state index contributed by atoms with van der Waals surface area (Å²) in [5.74, 6) is -1.45. The van der Waals surface area contributed by atoms with E-state index in [0.29, 0.717) is 39.1 Å². The number of carbonyl (C=O) groups is 2. The molecule has 0 fully saturated rings. The van der Waals surface area contributed by atoms with Gasteiger partial charge in [0.15, 0.2) is 0 Å². The van der Waals surface area contributed by atoms with E-state index in [1.807, 2.05) is 6.20 Å². The molecule has 0 saturated heterocycles. The maximum absolute atomic E-state index is 15.0. The summed E-state index contributed by atoms with van der Waals surface area (Å²) in [4.78, 5) is 32.1. The number of anilines is 1. The molecule has 34 heavy (non-hydrogen) atoms. The van der Waals surface area contributed by atoms with E-state index < -0.39 is 17.7 Å². The number of aromatic nitrogens is 4. The van der Waals surface area contributed by atoms with E-state index >= 15 is 0 Å². The Morgan fingerprint density at radius 1 is 1.26 bits per heavy atom. The standard InChI is InChI=1S/C25H24FN5O3.2H2/c1-6-21(32)29-20-9-15(8-19(26)14(20)4)22-18-7-16(25(33)34-13(2)3)10-27-24(18)30-23(22)17-11-28-31(5)12-17;;/h6-13H,1H2,2-5H3,(H,27,30)(H,29,32);2*1H. The second kappa shape index (κ2) is 8.93. The number of pyridine rings is 1.